The zero-order valence-electron chi connectivity index (χ0n) is 9.87. The van der Waals surface area contributed by atoms with Crippen LogP contribution in [0, 0.1) is 24.1 Å². The third-order valence-corrected chi connectivity index (χ3v) is 2.62. The van der Waals surface area contributed by atoms with Crippen molar-refractivity contribution in [1.82, 2.24) is 0 Å². The molecule has 0 bridgehead atoms. The lowest BCUT2D eigenvalue weighted by Gasteiger charge is -2.10. The van der Waals surface area contributed by atoms with E-state index in [1.165, 1.54) is 12.1 Å². The number of anilines is 3. The smallest absolute Gasteiger partial charge is 0.141 e. The highest BCUT2D eigenvalue weighted by atomic mass is 19.1. The van der Waals surface area contributed by atoms with Gasteiger partial charge in [-0.25, -0.2) is 4.39 Å². The number of halogens is 1. The Hall–Kier alpha value is -2.54. The molecule has 0 atom stereocenters. The summed E-state index contributed by atoms with van der Waals surface area (Å²) >= 11 is 0. The molecule has 3 nitrogen and oxygen atoms in total. The van der Waals surface area contributed by atoms with Crippen LogP contribution in [0.5, 0.6) is 0 Å². The molecule has 0 spiro atoms. The fourth-order valence-corrected chi connectivity index (χ4v) is 1.67. The van der Waals surface area contributed by atoms with Gasteiger partial charge >= 0.3 is 0 Å². The van der Waals surface area contributed by atoms with Gasteiger partial charge in [-0.05, 0) is 48.9 Å². The molecule has 3 N–H and O–H groups in total. The molecular weight excluding hydrogens is 229 g/mol. The lowest BCUT2D eigenvalue weighted by atomic mass is 10.1. The highest BCUT2D eigenvalue weighted by molar-refractivity contribution is 5.66. The highest BCUT2D eigenvalue weighted by Gasteiger charge is 2.04. The average Bonchev–Trinajstić information content (AvgIpc) is 2.35. The topological polar surface area (TPSA) is 61.8 Å². The Balaban J connectivity index is 2.32. The quantitative estimate of drug-likeness (QED) is 0.793. The van der Waals surface area contributed by atoms with Crippen molar-refractivity contribution >= 4 is 17.1 Å². The largest absolute Gasteiger partial charge is 0.399 e. The van der Waals surface area contributed by atoms with Gasteiger partial charge in [-0.2, -0.15) is 5.26 Å². The molecule has 4 heteroatoms. The van der Waals surface area contributed by atoms with Crippen LogP contribution >= 0.6 is 0 Å². The van der Waals surface area contributed by atoms with Crippen molar-refractivity contribution in [2.75, 3.05) is 11.1 Å². The number of aryl methyl sites for hydroxylation is 1. The zero-order chi connectivity index (χ0) is 13.1. The van der Waals surface area contributed by atoms with Gasteiger partial charge in [-0.3, -0.25) is 0 Å². The minimum Gasteiger partial charge on any atom is -0.399 e. The molecule has 90 valence electrons. The van der Waals surface area contributed by atoms with E-state index in [-0.39, 0.29) is 5.56 Å². The van der Waals surface area contributed by atoms with E-state index in [0.29, 0.717) is 11.4 Å². The number of hydrogen-bond donors (Lipinski definition) is 2. The number of nitrogens with zero attached hydrogens (tertiary/aromatic N) is 1. The van der Waals surface area contributed by atoms with Crippen molar-refractivity contribution in [3.63, 3.8) is 0 Å². The van der Waals surface area contributed by atoms with Crippen molar-refractivity contribution in [2.24, 2.45) is 0 Å². The molecule has 2 aromatic carbocycles. The van der Waals surface area contributed by atoms with Crippen LogP contribution in [0.15, 0.2) is 36.4 Å². The van der Waals surface area contributed by atoms with E-state index in [1.807, 2.05) is 25.1 Å². The summed E-state index contributed by atoms with van der Waals surface area (Å²) in [6.07, 6.45) is 0. The first-order valence-electron chi connectivity index (χ1n) is 5.43. The van der Waals surface area contributed by atoms with Gasteiger partial charge in [0.25, 0.3) is 0 Å². The molecule has 0 aliphatic carbocycles. The van der Waals surface area contributed by atoms with E-state index < -0.39 is 5.82 Å². The van der Waals surface area contributed by atoms with Gasteiger partial charge in [0.05, 0.1) is 5.56 Å². The fraction of sp³-hybridized carbons (Fsp3) is 0.0714. The van der Waals surface area contributed by atoms with Gasteiger partial charge in [0.15, 0.2) is 0 Å². The Labute approximate surface area is 105 Å². The molecule has 0 saturated heterocycles. The third-order valence-electron chi connectivity index (χ3n) is 2.62. The number of nitrogens with one attached hydrogen (secondary N) is 1. The predicted molar refractivity (Wildman–Crippen MR) is 70.0 cm³/mol. The summed E-state index contributed by atoms with van der Waals surface area (Å²) < 4.78 is 13.2. The van der Waals surface area contributed by atoms with Gasteiger partial charge in [0.2, 0.25) is 0 Å². The monoisotopic (exact) mass is 241 g/mol. The van der Waals surface area contributed by atoms with Gasteiger partial charge in [0.1, 0.15) is 11.9 Å². The summed E-state index contributed by atoms with van der Waals surface area (Å²) in [6.45, 7) is 1.92. The molecule has 0 saturated carbocycles. The van der Waals surface area contributed by atoms with E-state index in [0.717, 1.165) is 11.3 Å². The van der Waals surface area contributed by atoms with Crippen molar-refractivity contribution in [1.29, 1.82) is 5.26 Å². The minimum absolute atomic E-state index is 0.0214. The maximum Gasteiger partial charge on any atom is 0.141 e. The summed E-state index contributed by atoms with van der Waals surface area (Å²) in [5.74, 6) is -0.517. The maximum atomic E-state index is 13.2. The van der Waals surface area contributed by atoms with Crippen molar-refractivity contribution in [2.45, 2.75) is 6.92 Å². The number of benzene rings is 2. The summed E-state index contributed by atoms with van der Waals surface area (Å²) in [7, 11) is 0. The van der Waals surface area contributed by atoms with E-state index >= 15 is 0 Å². The molecule has 0 aliphatic rings. The SMILES string of the molecule is Cc1cc(N)ccc1Nc1ccc(F)c(C#N)c1. The second kappa shape index (κ2) is 4.76. The third kappa shape index (κ3) is 2.41. The van der Waals surface area contributed by atoms with Crippen molar-refractivity contribution < 1.29 is 4.39 Å². The van der Waals surface area contributed by atoms with Crippen LogP contribution in [0.2, 0.25) is 0 Å². The first-order chi connectivity index (χ1) is 8.60. The van der Waals surface area contributed by atoms with E-state index in [1.54, 1.807) is 12.1 Å². The van der Waals surface area contributed by atoms with Gasteiger partial charge in [-0.15, -0.1) is 0 Å². The molecule has 0 heterocycles. The standard InChI is InChI=1S/C14H12FN3/c1-9-6-11(17)2-5-14(9)18-12-3-4-13(15)10(7-12)8-16/h2-7,18H,17H2,1H3. The number of hydrogen-bond acceptors (Lipinski definition) is 3. The molecule has 0 aromatic heterocycles. The van der Waals surface area contributed by atoms with Crippen LogP contribution in [0.25, 0.3) is 0 Å². The molecule has 0 unspecified atom stereocenters. The Kier molecular flexibility index (Phi) is 3.16. The van der Waals surface area contributed by atoms with E-state index in [9.17, 15) is 4.39 Å². The molecule has 0 amide bonds. The second-order valence-corrected chi connectivity index (χ2v) is 4.01. The molecule has 0 fully saturated rings. The first-order valence-corrected chi connectivity index (χ1v) is 5.43. The molecule has 0 radical (unpaired) electrons. The van der Waals surface area contributed by atoms with Crippen LogP contribution < -0.4 is 11.1 Å². The highest BCUT2D eigenvalue weighted by Crippen LogP contribution is 2.23. The predicted octanol–water partition coefficient (Wildman–Crippen LogP) is 3.33. The van der Waals surface area contributed by atoms with Crippen LogP contribution in [0.4, 0.5) is 21.5 Å². The van der Waals surface area contributed by atoms with Gasteiger partial charge in [0, 0.05) is 17.1 Å². The molecule has 2 rings (SSSR count). The van der Waals surface area contributed by atoms with E-state index in [2.05, 4.69) is 5.32 Å². The van der Waals surface area contributed by atoms with Crippen LogP contribution in [-0.4, -0.2) is 0 Å². The van der Waals surface area contributed by atoms with Crippen molar-refractivity contribution in [3.05, 3.63) is 53.3 Å². The lowest BCUT2D eigenvalue weighted by Crippen LogP contribution is -1.96. The summed E-state index contributed by atoms with van der Waals surface area (Å²) in [5, 5.41) is 11.9. The lowest BCUT2D eigenvalue weighted by molar-refractivity contribution is 0.624. The Morgan fingerprint density at radius 2 is 2.00 bits per heavy atom. The Bertz CT molecular complexity index is 629. The number of nitriles is 1. The number of nitrogens with two attached hydrogens (primary N) is 1. The van der Waals surface area contributed by atoms with Crippen molar-refractivity contribution in [3.8, 4) is 6.07 Å². The van der Waals surface area contributed by atoms with Crippen LogP contribution in [0.3, 0.4) is 0 Å². The number of rotatable bonds is 2. The van der Waals surface area contributed by atoms with E-state index in [4.69, 9.17) is 11.0 Å². The molecular formula is C14H12FN3. The number of nitrogen functional groups attached to an aromatic ring is 1. The molecule has 0 aliphatic heterocycles. The summed E-state index contributed by atoms with van der Waals surface area (Å²) in [5.41, 5.74) is 8.90. The minimum atomic E-state index is -0.517. The second-order valence-electron chi connectivity index (χ2n) is 4.01. The maximum absolute atomic E-state index is 13.2. The Morgan fingerprint density at radius 1 is 1.22 bits per heavy atom. The van der Waals surface area contributed by atoms with Crippen LogP contribution in [-0.2, 0) is 0 Å². The normalized spacial score (nSPS) is 9.83. The van der Waals surface area contributed by atoms with Gasteiger partial charge < -0.3 is 11.1 Å². The molecule has 18 heavy (non-hydrogen) atoms. The van der Waals surface area contributed by atoms with Crippen LogP contribution in [0.1, 0.15) is 11.1 Å². The summed E-state index contributed by atoms with van der Waals surface area (Å²) in [4.78, 5) is 0. The Morgan fingerprint density at radius 3 is 2.67 bits per heavy atom. The fourth-order valence-electron chi connectivity index (χ4n) is 1.67. The molecule has 2 aromatic rings. The zero-order valence-corrected chi connectivity index (χ0v) is 9.87. The van der Waals surface area contributed by atoms with Gasteiger partial charge in [-0.1, -0.05) is 0 Å². The summed E-state index contributed by atoms with van der Waals surface area (Å²) in [6, 6.07) is 11.6. The average molecular weight is 241 g/mol. The first kappa shape index (κ1) is 11.9.